The van der Waals surface area contributed by atoms with E-state index in [2.05, 4.69) is 0 Å². The van der Waals surface area contributed by atoms with E-state index in [-0.39, 0.29) is 12.0 Å². The summed E-state index contributed by atoms with van der Waals surface area (Å²) < 4.78 is 39.0. The van der Waals surface area contributed by atoms with Crippen LogP contribution in [0.25, 0.3) is 0 Å². The second-order valence-electron chi connectivity index (χ2n) is 3.40. The van der Waals surface area contributed by atoms with E-state index < -0.39 is 34.4 Å². The Morgan fingerprint density at radius 2 is 2.00 bits per heavy atom. The molecule has 1 unspecified atom stereocenters. The van der Waals surface area contributed by atoms with Crippen LogP contribution in [0.2, 0.25) is 5.02 Å². The van der Waals surface area contributed by atoms with Crippen molar-refractivity contribution in [2.75, 3.05) is 0 Å². The van der Waals surface area contributed by atoms with E-state index in [9.17, 15) is 18.0 Å². The van der Waals surface area contributed by atoms with Crippen molar-refractivity contribution in [2.45, 2.75) is 13.3 Å². The van der Waals surface area contributed by atoms with Gasteiger partial charge in [0.1, 0.15) is 10.8 Å². The summed E-state index contributed by atoms with van der Waals surface area (Å²) in [5.74, 6) is -5.94. The molecule has 0 aromatic heterocycles. The number of rotatable bonds is 3. The lowest BCUT2D eigenvalue weighted by atomic mass is 10.0. The van der Waals surface area contributed by atoms with Gasteiger partial charge in [-0.1, -0.05) is 18.5 Å². The van der Waals surface area contributed by atoms with Crippen LogP contribution in [-0.4, -0.2) is 11.1 Å². The van der Waals surface area contributed by atoms with Gasteiger partial charge < -0.3 is 5.11 Å². The highest BCUT2D eigenvalue weighted by Crippen LogP contribution is 2.26. The first-order valence-electron chi connectivity index (χ1n) is 4.39. The van der Waals surface area contributed by atoms with Gasteiger partial charge in [-0.05, 0) is 18.1 Å². The van der Waals surface area contributed by atoms with Gasteiger partial charge in [0.2, 0.25) is 0 Å². The topological polar surface area (TPSA) is 37.3 Å². The number of aliphatic carboxylic acids is 1. The molecule has 88 valence electrons. The fraction of sp³-hybridized carbons (Fsp3) is 0.300. The first-order chi connectivity index (χ1) is 7.34. The molecule has 0 fully saturated rings. The van der Waals surface area contributed by atoms with Gasteiger partial charge in [-0.2, -0.15) is 0 Å². The van der Waals surface area contributed by atoms with Crippen LogP contribution in [-0.2, 0) is 11.2 Å². The predicted octanol–water partition coefficient (Wildman–Crippen LogP) is 3.02. The molecule has 0 amide bonds. The van der Waals surface area contributed by atoms with Crippen LogP contribution >= 0.6 is 11.6 Å². The molecule has 0 spiro atoms. The third kappa shape index (κ3) is 2.47. The molecule has 1 rings (SSSR count). The van der Waals surface area contributed by atoms with E-state index in [4.69, 9.17) is 16.7 Å². The third-order valence-electron chi connectivity index (χ3n) is 2.13. The number of benzene rings is 1. The Balaban J connectivity index is 3.11. The molecule has 0 aliphatic heterocycles. The van der Waals surface area contributed by atoms with Gasteiger partial charge in [-0.15, -0.1) is 0 Å². The van der Waals surface area contributed by atoms with Crippen LogP contribution in [0, 0.1) is 23.4 Å². The minimum absolute atomic E-state index is 0.251. The van der Waals surface area contributed by atoms with E-state index in [1.54, 1.807) is 0 Å². The minimum atomic E-state index is -1.47. The van der Waals surface area contributed by atoms with Crippen molar-refractivity contribution >= 4 is 17.6 Å². The van der Waals surface area contributed by atoms with Crippen LogP contribution in [0.1, 0.15) is 12.5 Å². The summed E-state index contributed by atoms with van der Waals surface area (Å²) in [6.45, 7) is 1.33. The van der Waals surface area contributed by atoms with Crippen LogP contribution in [0.5, 0.6) is 0 Å². The fourth-order valence-corrected chi connectivity index (χ4v) is 1.40. The Morgan fingerprint density at radius 1 is 1.44 bits per heavy atom. The SMILES string of the molecule is CC(Cc1cc(F)c(F)c(Cl)c1F)C(=O)O. The number of carboxylic acid groups (broad SMARTS) is 1. The summed E-state index contributed by atoms with van der Waals surface area (Å²) in [5, 5.41) is 7.65. The first kappa shape index (κ1) is 12.8. The molecule has 0 aliphatic carbocycles. The molecular weight excluding hydrogens is 245 g/mol. The summed E-state index contributed by atoms with van der Waals surface area (Å²) in [6.07, 6.45) is -0.252. The minimum Gasteiger partial charge on any atom is -0.481 e. The molecule has 16 heavy (non-hydrogen) atoms. The summed E-state index contributed by atoms with van der Waals surface area (Å²) in [5.41, 5.74) is -0.251. The van der Waals surface area contributed by atoms with E-state index in [0.29, 0.717) is 6.07 Å². The Hall–Kier alpha value is -1.23. The standard InChI is InChI=1S/C10H8ClF3O2/c1-4(10(15)16)2-5-3-6(12)9(14)7(11)8(5)13/h3-4H,2H2,1H3,(H,15,16). The van der Waals surface area contributed by atoms with Crippen LogP contribution in [0.15, 0.2) is 6.07 Å². The molecule has 0 heterocycles. The van der Waals surface area contributed by atoms with Crippen molar-refractivity contribution in [3.05, 3.63) is 34.1 Å². The largest absolute Gasteiger partial charge is 0.481 e. The van der Waals surface area contributed by atoms with Crippen LogP contribution < -0.4 is 0 Å². The maximum absolute atomic E-state index is 13.3. The van der Waals surface area contributed by atoms with E-state index in [1.165, 1.54) is 6.92 Å². The maximum atomic E-state index is 13.3. The Kier molecular flexibility index (Phi) is 3.80. The molecule has 1 aromatic carbocycles. The lowest BCUT2D eigenvalue weighted by Crippen LogP contribution is -2.13. The van der Waals surface area contributed by atoms with Gasteiger partial charge in [0.25, 0.3) is 0 Å². The molecule has 6 heteroatoms. The Bertz CT molecular complexity index is 435. The normalized spacial score (nSPS) is 12.6. The van der Waals surface area contributed by atoms with Gasteiger partial charge in [-0.3, -0.25) is 4.79 Å². The lowest BCUT2D eigenvalue weighted by Gasteiger charge is -2.09. The molecule has 0 aliphatic rings. The van der Waals surface area contributed by atoms with Gasteiger partial charge in [0.15, 0.2) is 11.6 Å². The molecule has 0 saturated carbocycles. The van der Waals surface area contributed by atoms with E-state index in [0.717, 1.165) is 0 Å². The summed E-state index contributed by atoms with van der Waals surface area (Å²) >= 11 is 5.21. The van der Waals surface area contributed by atoms with Gasteiger partial charge in [0.05, 0.1) is 5.92 Å². The van der Waals surface area contributed by atoms with E-state index >= 15 is 0 Å². The number of carboxylic acids is 1. The van der Waals surface area contributed by atoms with Gasteiger partial charge >= 0.3 is 5.97 Å². The number of hydrogen-bond donors (Lipinski definition) is 1. The average Bonchev–Trinajstić information content (AvgIpc) is 2.22. The van der Waals surface area contributed by atoms with Crippen molar-refractivity contribution in [2.24, 2.45) is 5.92 Å². The van der Waals surface area contributed by atoms with Crippen molar-refractivity contribution in [1.29, 1.82) is 0 Å². The second kappa shape index (κ2) is 4.74. The van der Waals surface area contributed by atoms with Crippen molar-refractivity contribution in [3.63, 3.8) is 0 Å². The molecule has 1 N–H and O–H groups in total. The molecule has 0 saturated heterocycles. The maximum Gasteiger partial charge on any atom is 0.306 e. The Morgan fingerprint density at radius 3 is 2.50 bits per heavy atom. The van der Waals surface area contributed by atoms with Crippen molar-refractivity contribution < 1.29 is 23.1 Å². The van der Waals surface area contributed by atoms with Crippen LogP contribution in [0.4, 0.5) is 13.2 Å². The fourth-order valence-electron chi connectivity index (χ4n) is 1.19. The zero-order valence-corrected chi connectivity index (χ0v) is 8.99. The summed E-state index contributed by atoms with van der Waals surface area (Å²) in [6, 6.07) is 0.621. The highest BCUT2D eigenvalue weighted by Gasteiger charge is 2.20. The molecule has 2 nitrogen and oxygen atoms in total. The second-order valence-corrected chi connectivity index (χ2v) is 3.78. The summed E-state index contributed by atoms with van der Waals surface area (Å²) in [7, 11) is 0. The zero-order chi connectivity index (χ0) is 12.5. The monoisotopic (exact) mass is 252 g/mol. The Labute approximate surface area is 94.6 Å². The number of halogens is 4. The highest BCUT2D eigenvalue weighted by molar-refractivity contribution is 6.31. The van der Waals surface area contributed by atoms with Gasteiger partial charge in [-0.25, -0.2) is 13.2 Å². The molecule has 0 bridgehead atoms. The van der Waals surface area contributed by atoms with Gasteiger partial charge in [0, 0.05) is 0 Å². The van der Waals surface area contributed by atoms with Crippen LogP contribution in [0.3, 0.4) is 0 Å². The van der Waals surface area contributed by atoms with Crippen molar-refractivity contribution in [3.8, 4) is 0 Å². The average molecular weight is 253 g/mol. The molecule has 1 atom stereocenters. The highest BCUT2D eigenvalue weighted by atomic mass is 35.5. The van der Waals surface area contributed by atoms with E-state index in [1.807, 2.05) is 0 Å². The number of hydrogen-bond acceptors (Lipinski definition) is 1. The predicted molar refractivity (Wildman–Crippen MR) is 51.8 cm³/mol. The third-order valence-corrected chi connectivity index (χ3v) is 2.46. The molecular formula is C10H8ClF3O2. The summed E-state index contributed by atoms with van der Waals surface area (Å²) in [4.78, 5) is 10.5. The van der Waals surface area contributed by atoms with Crippen molar-refractivity contribution in [1.82, 2.24) is 0 Å². The smallest absolute Gasteiger partial charge is 0.306 e. The number of carbonyl (C=O) groups is 1. The zero-order valence-electron chi connectivity index (χ0n) is 8.23. The molecule has 0 radical (unpaired) electrons. The quantitative estimate of drug-likeness (QED) is 0.663. The lowest BCUT2D eigenvalue weighted by molar-refractivity contribution is -0.141. The first-order valence-corrected chi connectivity index (χ1v) is 4.77. The molecule has 1 aromatic rings.